The van der Waals surface area contributed by atoms with Crippen molar-refractivity contribution in [2.45, 2.75) is 18.9 Å². The number of aliphatic hydroxyl groups excluding tert-OH is 1. The SMILES string of the molecule is O=C(O)C(Cc1ccc(CO)cc1)c1cccc(Br)c1. The molecule has 0 saturated carbocycles. The Bertz CT molecular complexity index is 593. The van der Waals surface area contributed by atoms with Crippen LogP contribution in [0.3, 0.4) is 0 Å². The Labute approximate surface area is 126 Å². The van der Waals surface area contributed by atoms with Crippen molar-refractivity contribution in [3.05, 3.63) is 69.7 Å². The third kappa shape index (κ3) is 3.68. The van der Waals surface area contributed by atoms with Crippen molar-refractivity contribution in [2.24, 2.45) is 0 Å². The van der Waals surface area contributed by atoms with Crippen molar-refractivity contribution in [1.29, 1.82) is 0 Å². The summed E-state index contributed by atoms with van der Waals surface area (Å²) in [6.45, 7) is -0.00568. The maximum absolute atomic E-state index is 11.5. The molecule has 0 amide bonds. The third-order valence-corrected chi connectivity index (χ3v) is 3.69. The van der Waals surface area contributed by atoms with Gasteiger partial charge in [-0.3, -0.25) is 4.79 Å². The van der Waals surface area contributed by atoms with E-state index in [2.05, 4.69) is 15.9 Å². The monoisotopic (exact) mass is 334 g/mol. The Balaban J connectivity index is 2.23. The highest BCUT2D eigenvalue weighted by molar-refractivity contribution is 9.10. The second-order valence-corrected chi connectivity index (χ2v) is 5.54. The van der Waals surface area contributed by atoms with Crippen LogP contribution in [0, 0.1) is 0 Å². The molecule has 0 aliphatic carbocycles. The first-order valence-electron chi connectivity index (χ1n) is 6.27. The average molecular weight is 335 g/mol. The summed E-state index contributed by atoms with van der Waals surface area (Å²) < 4.78 is 0.872. The number of carboxylic acid groups (broad SMARTS) is 1. The molecule has 2 aromatic rings. The van der Waals surface area contributed by atoms with Crippen LogP contribution in [0.1, 0.15) is 22.6 Å². The van der Waals surface area contributed by atoms with Crippen LogP contribution in [-0.4, -0.2) is 16.2 Å². The van der Waals surface area contributed by atoms with Crippen molar-refractivity contribution in [1.82, 2.24) is 0 Å². The molecule has 2 rings (SSSR count). The van der Waals surface area contributed by atoms with E-state index < -0.39 is 11.9 Å². The van der Waals surface area contributed by atoms with Gasteiger partial charge in [-0.25, -0.2) is 0 Å². The van der Waals surface area contributed by atoms with E-state index in [0.29, 0.717) is 6.42 Å². The Morgan fingerprint density at radius 1 is 1.10 bits per heavy atom. The summed E-state index contributed by atoms with van der Waals surface area (Å²) in [7, 11) is 0. The van der Waals surface area contributed by atoms with Gasteiger partial charge in [0.25, 0.3) is 0 Å². The zero-order valence-electron chi connectivity index (χ0n) is 10.8. The highest BCUT2D eigenvalue weighted by Crippen LogP contribution is 2.24. The van der Waals surface area contributed by atoms with Crippen LogP contribution < -0.4 is 0 Å². The molecule has 0 aliphatic rings. The number of hydrogen-bond acceptors (Lipinski definition) is 2. The first-order valence-corrected chi connectivity index (χ1v) is 7.06. The Hall–Kier alpha value is -1.65. The number of hydrogen-bond donors (Lipinski definition) is 2. The molecule has 104 valence electrons. The lowest BCUT2D eigenvalue weighted by molar-refractivity contribution is -0.138. The highest BCUT2D eigenvalue weighted by atomic mass is 79.9. The van der Waals surface area contributed by atoms with Gasteiger partial charge in [0.15, 0.2) is 0 Å². The number of aliphatic carboxylic acids is 1. The Morgan fingerprint density at radius 2 is 1.75 bits per heavy atom. The summed E-state index contributed by atoms with van der Waals surface area (Å²) in [5, 5.41) is 18.4. The fourth-order valence-corrected chi connectivity index (χ4v) is 2.50. The first kappa shape index (κ1) is 14.8. The van der Waals surface area contributed by atoms with Gasteiger partial charge >= 0.3 is 5.97 Å². The second kappa shape index (κ2) is 6.68. The van der Waals surface area contributed by atoms with E-state index in [1.165, 1.54) is 0 Å². The molecule has 0 bridgehead atoms. The number of aliphatic hydroxyl groups is 1. The van der Waals surface area contributed by atoms with Gasteiger partial charge in [-0.2, -0.15) is 0 Å². The molecule has 0 radical (unpaired) electrons. The molecule has 0 aliphatic heterocycles. The van der Waals surface area contributed by atoms with Crippen LogP contribution in [0.25, 0.3) is 0 Å². The molecule has 2 aromatic carbocycles. The van der Waals surface area contributed by atoms with Crippen LogP contribution in [0.5, 0.6) is 0 Å². The number of carboxylic acids is 1. The molecule has 1 atom stereocenters. The van der Waals surface area contributed by atoms with Crippen molar-refractivity contribution in [3.8, 4) is 0 Å². The van der Waals surface area contributed by atoms with E-state index in [1.807, 2.05) is 48.5 Å². The molecule has 0 fully saturated rings. The lowest BCUT2D eigenvalue weighted by Crippen LogP contribution is -2.14. The minimum atomic E-state index is -0.839. The lowest BCUT2D eigenvalue weighted by Gasteiger charge is -2.13. The van der Waals surface area contributed by atoms with Crippen molar-refractivity contribution in [3.63, 3.8) is 0 Å². The summed E-state index contributed by atoms with van der Waals surface area (Å²) in [6.07, 6.45) is 0.428. The summed E-state index contributed by atoms with van der Waals surface area (Å²) in [5.74, 6) is -1.41. The molecule has 20 heavy (non-hydrogen) atoms. The predicted molar refractivity (Wildman–Crippen MR) is 80.6 cm³/mol. The largest absolute Gasteiger partial charge is 0.481 e. The van der Waals surface area contributed by atoms with Crippen LogP contribution in [-0.2, 0) is 17.8 Å². The Morgan fingerprint density at radius 3 is 2.30 bits per heavy atom. The molecular formula is C16H15BrO3. The van der Waals surface area contributed by atoms with Gasteiger partial charge in [-0.15, -0.1) is 0 Å². The van der Waals surface area contributed by atoms with Gasteiger partial charge in [-0.1, -0.05) is 52.3 Å². The second-order valence-electron chi connectivity index (χ2n) is 4.62. The minimum Gasteiger partial charge on any atom is -0.481 e. The molecule has 3 nitrogen and oxygen atoms in total. The molecule has 0 aromatic heterocycles. The standard InChI is InChI=1S/C16H15BrO3/c17-14-3-1-2-13(9-14)15(16(19)20)8-11-4-6-12(10-18)7-5-11/h1-7,9,15,18H,8,10H2,(H,19,20). The van der Waals surface area contributed by atoms with Gasteiger partial charge in [0.05, 0.1) is 12.5 Å². The molecule has 2 N–H and O–H groups in total. The topological polar surface area (TPSA) is 57.5 Å². The fraction of sp³-hybridized carbons (Fsp3) is 0.188. The van der Waals surface area contributed by atoms with Gasteiger partial charge in [-0.05, 0) is 35.2 Å². The van der Waals surface area contributed by atoms with E-state index in [4.69, 9.17) is 5.11 Å². The number of carbonyl (C=O) groups is 1. The number of benzene rings is 2. The van der Waals surface area contributed by atoms with Crippen LogP contribution in [0.15, 0.2) is 53.0 Å². The summed E-state index contributed by atoms with van der Waals surface area (Å²) in [5.41, 5.74) is 2.54. The third-order valence-electron chi connectivity index (χ3n) is 3.19. The summed E-state index contributed by atoms with van der Waals surface area (Å²) in [6, 6.07) is 14.7. The molecule has 4 heteroatoms. The quantitative estimate of drug-likeness (QED) is 0.881. The molecule has 0 spiro atoms. The van der Waals surface area contributed by atoms with Gasteiger partial charge in [0.1, 0.15) is 0 Å². The van der Waals surface area contributed by atoms with E-state index >= 15 is 0 Å². The minimum absolute atomic E-state index is 0.00568. The predicted octanol–water partition coefficient (Wildman–Crippen LogP) is 3.35. The van der Waals surface area contributed by atoms with Crippen molar-refractivity contribution < 1.29 is 15.0 Å². The zero-order chi connectivity index (χ0) is 14.5. The van der Waals surface area contributed by atoms with E-state index in [0.717, 1.165) is 21.2 Å². The van der Waals surface area contributed by atoms with Gasteiger partial charge < -0.3 is 10.2 Å². The van der Waals surface area contributed by atoms with E-state index in [1.54, 1.807) is 0 Å². The number of rotatable bonds is 5. The van der Waals surface area contributed by atoms with E-state index in [9.17, 15) is 9.90 Å². The molecular weight excluding hydrogens is 320 g/mol. The smallest absolute Gasteiger partial charge is 0.311 e. The lowest BCUT2D eigenvalue weighted by atomic mass is 9.92. The van der Waals surface area contributed by atoms with E-state index in [-0.39, 0.29) is 6.61 Å². The zero-order valence-corrected chi connectivity index (χ0v) is 12.4. The van der Waals surface area contributed by atoms with Crippen molar-refractivity contribution >= 4 is 21.9 Å². The molecule has 0 heterocycles. The van der Waals surface area contributed by atoms with Gasteiger partial charge in [0.2, 0.25) is 0 Å². The fourth-order valence-electron chi connectivity index (χ4n) is 2.09. The maximum Gasteiger partial charge on any atom is 0.311 e. The summed E-state index contributed by atoms with van der Waals surface area (Å²) in [4.78, 5) is 11.5. The van der Waals surface area contributed by atoms with Crippen LogP contribution in [0.2, 0.25) is 0 Å². The summed E-state index contributed by atoms with van der Waals surface area (Å²) >= 11 is 3.36. The van der Waals surface area contributed by atoms with Crippen LogP contribution in [0.4, 0.5) is 0 Å². The van der Waals surface area contributed by atoms with Gasteiger partial charge in [0, 0.05) is 4.47 Å². The average Bonchev–Trinajstić information content (AvgIpc) is 2.45. The normalized spacial score (nSPS) is 12.1. The first-order chi connectivity index (χ1) is 9.60. The Kier molecular flexibility index (Phi) is 4.93. The molecule has 1 unspecified atom stereocenters. The maximum atomic E-state index is 11.5. The highest BCUT2D eigenvalue weighted by Gasteiger charge is 2.20. The van der Waals surface area contributed by atoms with Crippen LogP contribution >= 0.6 is 15.9 Å². The van der Waals surface area contributed by atoms with Crippen molar-refractivity contribution in [2.75, 3.05) is 0 Å². The number of halogens is 1. The molecule has 0 saturated heterocycles.